The van der Waals surface area contributed by atoms with Crippen LogP contribution in [0.3, 0.4) is 0 Å². The van der Waals surface area contributed by atoms with Gasteiger partial charge in [-0.05, 0) is 70.3 Å². The molecule has 0 aromatic rings. The van der Waals surface area contributed by atoms with E-state index in [1.807, 2.05) is 0 Å². The molecule has 2 atom stereocenters. The lowest BCUT2D eigenvalue weighted by Crippen LogP contribution is -2.01. The summed E-state index contributed by atoms with van der Waals surface area (Å²) < 4.78 is 0. The van der Waals surface area contributed by atoms with Crippen LogP contribution in [-0.2, 0) is 0 Å². The van der Waals surface area contributed by atoms with Crippen molar-refractivity contribution in [2.24, 2.45) is 11.8 Å². The standard InChI is InChI=1S/C18H26/c1-4-6-7-16(10-8-14(3)5-2)18-13-15-9-11-17(18)12-15/h4-6,8,10,15,17H,7,9,11-13H2,1-3H3. The van der Waals surface area contributed by atoms with E-state index in [2.05, 4.69) is 51.2 Å². The highest BCUT2D eigenvalue weighted by Crippen LogP contribution is 2.49. The van der Waals surface area contributed by atoms with Gasteiger partial charge in [-0.3, -0.25) is 0 Å². The van der Waals surface area contributed by atoms with E-state index in [9.17, 15) is 0 Å². The average Bonchev–Trinajstić information content (AvgIpc) is 3.00. The van der Waals surface area contributed by atoms with Gasteiger partial charge in [0.1, 0.15) is 0 Å². The Hall–Kier alpha value is -1.04. The molecule has 0 amide bonds. The van der Waals surface area contributed by atoms with Gasteiger partial charge in [-0.25, -0.2) is 0 Å². The summed E-state index contributed by atoms with van der Waals surface area (Å²) in [5.74, 6) is 1.91. The van der Waals surface area contributed by atoms with Gasteiger partial charge in [-0.1, -0.05) is 41.5 Å². The van der Waals surface area contributed by atoms with Gasteiger partial charge >= 0.3 is 0 Å². The molecule has 0 heteroatoms. The molecule has 0 spiro atoms. The van der Waals surface area contributed by atoms with Crippen molar-refractivity contribution in [2.45, 2.75) is 52.9 Å². The summed E-state index contributed by atoms with van der Waals surface area (Å²) in [6.45, 7) is 6.40. The number of hydrogen-bond donors (Lipinski definition) is 0. The Kier molecular flexibility index (Phi) is 4.63. The first-order valence-corrected chi connectivity index (χ1v) is 7.38. The number of fused-ring (bicyclic) bond motifs is 2. The van der Waals surface area contributed by atoms with Crippen LogP contribution in [0, 0.1) is 11.8 Å². The van der Waals surface area contributed by atoms with Crippen molar-refractivity contribution in [3.63, 3.8) is 0 Å². The first-order valence-electron chi connectivity index (χ1n) is 7.38. The van der Waals surface area contributed by atoms with Crippen molar-refractivity contribution in [3.05, 3.63) is 47.1 Å². The molecule has 2 fully saturated rings. The largest absolute Gasteiger partial charge is 0.0913 e. The highest BCUT2D eigenvalue weighted by Gasteiger charge is 2.36. The number of rotatable bonds is 4. The van der Waals surface area contributed by atoms with Crippen molar-refractivity contribution in [2.75, 3.05) is 0 Å². The lowest BCUT2D eigenvalue weighted by Gasteiger charge is -2.17. The van der Waals surface area contributed by atoms with Crippen molar-refractivity contribution in [3.8, 4) is 0 Å². The average molecular weight is 242 g/mol. The summed E-state index contributed by atoms with van der Waals surface area (Å²) in [5.41, 5.74) is 4.71. The van der Waals surface area contributed by atoms with Gasteiger partial charge in [0.2, 0.25) is 0 Å². The van der Waals surface area contributed by atoms with E-state index in [1.54, 1.807) is 11.1 Å². The van der Waals surface area contributed by atoms with E-state index < -0.39 is 0 Å². The highest BCUT2D eigenvalue weighted by molar-refractivity contribution is 5.36. The molecule has 2 aliphatic carbocycles. The molecular formula is C18H26. The quantitative estimate of drug-likeness (QED) is 0.445. The molecule has 2 rings (SSSR count). The predicted octanol–water partition coefficient (Wildman–Crippen LogP) is 5.59. The zero-order valence-electron chi connectivity index (χ0n) is 12.1. The molecule has 98 valence electrons. The molecule has 2 saturated carbocycles. The molecule has 0 radical (unpaired) electrons. The van der Waals surface area contributed by atoms with E-state index >= 15 is 0 Å². The summed E-state index contributed by atoms with van der Waals surface area (Å²) in [6, 6.07) is 0. The molecule has 2 unspecified atom stereocenters. The zero-order valence-corrected chi connectivity index (χ0v) is 12.1. The molecular weight excluding hydrogens is 216 g/mol. The topological polar surface area (TPSA) is 0 Å². The van der Waals surface area contributed by atoms with Gasteiger partial charge in [0.15, 0.2) is 0 Å². The second-order valence-electron chi connectivity index (χ2n) is 5.77. The van der Waals surface area contributed by atoms with Crippen LogP contribution < -0.4 is 0 Å². The predicted molar refractivity (Wildman–Crippen MR) is 80.5 cm³/mol. The SMILES string of the molecule is CC=CCC(C=CC(C)=CC)=C1CC2CCC1C2. The minimum absolute atomic E-state index is 0.908. The van der Waals surface area contributed by atoms with Crippen molar-refractivity contribution in [1.29, 1.82) is 0 Å². The van der Waals surface area contributed by atoms with Gasteiger partial charge < -0.3 is 0 Å². The Balaban J connectivity index is 2.19. The first kappa shape index (κ1) is 13.4. The summed E-state index contributed by atoms with van der Waals surface area (Å²) in [7, 11) is 0. The van der Waals surface area contributed by atoms with Crippen LogP contribution in [0.1, 0.15) is 52.9 Å². The molecule has 0 saturated heterocycles. The second-order valence-corrected chi connectivity index (χ2v) is 5.77. The molecule has 0 aromatic heterocycles. The smallest absolute Gasteiger partial charge is 0.00979 e. The zero-order chi connectivity index (χ0) is 13.0. The second kappa shape index (κ2) is 6.22. The minimum atomic E-state index is 0.908. The van der Waals surface area contributed by atoms with E-state index in [0.29, 0.717) is 0 Å². The maximum atomic E-state index is 2.37. The highest BCUT2D eigenvalue weighted by atomic mass is 14.4. The Bertz CT molecular complexity index is 404. The first-order chi connectivity index (χ1) is 8.74. The fourth-order valence-electron chi connectivity index (χ4n) is 3.33. The number of allylic oxidation sites excluding steroid dienone is 8. The summed E-state index contributed by atoms with van der Waals surface area (Å²) >= 11 is 0. The summed E-state index contributed by atoms with van der Waals surface area (Å²) in [6.07, 6.45) is 18.1. The number of hydrogen-bond acceptors (Lipinski definition) is 0. The van der Waals surface area contributed by atoms with Crippen LogP contribution in [0.25, 0.3) is 0 Å². The van der Waals surface area contributed by atoms with Crippen LogP contribution in [0.5, 0.6) is 0 Å². The van der Waals surface area contributed by atoms with Crippen LogP contribution in [0.4, 0.5) is 0 Å². The van der Waals surface area contributed by atoms with E-state index in [-0.39, 0.29) is 0 Å². The molecule has 0 aliphatic heterocycles. The summed E-state index contributed by atoms with van der Waals surface area (Å²) in [4.78, 5) is 0. The minimum Gasteiger partial charge on any atom is -0.0913 e. The Morgan fingerprint density at radius 2 is 2.06 bits per heavy atom. The van der Waals surface area contributed by atoms with Crippen LogP contribution in [-0.4, -0.2) is 0 Å². The molecule has 18 heavy (non-hydrogen) atoms. The fourth-order valence-corrected chi connectivity index (χ4v) is 3.33. The lowest BCUT2D eigenvalue weighted by molar-refractivity contribution is 0.557. The third-order valence-corrected chi connectivity index (χ3v) is 4.53. The lowest BCUT2D eigenvalue weighted by atomic mass is 9.89. The van der Waals surface area contributed by atoms with Crippen LogP contribution >= 0.6 is 0 Å². The van der Waals surface area contributed by atoms with E-state index in [4.69, 9.17) is 0 Å². The third kappa shape index (κ3) is 3.04. The maximum Gasteiger partial charge on any atom is -0.00979 e. The Morgan fingerprint density at radius 1 is 1.22 bits per heavy atom. The molecule has 0 nitrogen and oxygen atoms in total. The molecule has 0 heterocycles. The summed E-state index contributed by atoms with van der Waals surface area (Å²) in [5, 5.41) is 0. The van der Waals surface area contributed by atoms with Gasteiger partial charge in [0, 0.05) is 0 Å². The van der Waals surface area contributed by atoms with E-state index in [0.717, 1.165) is 18.3 Å². The van der Waals surface area contributed by atoms with Crippen molar-refractivity contribution in [1.82, 2.24) is 0 Å². The fraction of sp³-hybridized carbons (Fsp3) is 0.556. The monoisotopic (exact) mass is 242 g/mol. The molecule has 2 aliphatic rings. The van der Waals surface area contributed by atoms with E-state index in [1.165, 1.54) is 31.3 Å². The van der Waals surface area contributed by atoms with Crippen molar-refractivity contribution < 1.29 is 0 Å². The molecule has 0 aromatic carbocycles. The normalized spacial score (nSPS) is 30.9. The van der Waals surface area contributed by atoms with Gasteiger partial charge in [-0.15, -0.1) is 0 Å². The van der Waals surface area contributed by atoms with Gasteiger partial charge in [0.25, 0.3) is 0 Å². The Labute approximate surface area is 112 Å². The molecule has 2 bridgehead atoms. The van der Waals surface area contributed by atoms with Crippen LogP contribution in [0.2, 0.25) is 0 Å². The third-order valence-electron chi connectivity index (χ3n) is 4.53. The maximum absolute atomic E-state index is 2.37. The van der Waals surface area contributed by atoms with Crippen LogP contribution in [0.15, 0.2) is 47.1 Å². The van der Waals surface area contributed by atoms with Crippen molar-refractivity contribution >= 4 is 0 Å². The Morgan fingerprint density at radius 3 is 2.61 bits per heavy atom. The van der Waals surface area contributed by atoms with Gasteiger partial charge in [-0.2, -0.15) is 0 Å². The van der Waals surface area contributed by atoms with Gasteiger partial charge in [0.05, 0.1) is 0 Å². The molecule has 0 N–H and O–H groups in total.